The number of benzene rings is 1. The minimum absolute atomic E-state index is 0.0680. The number of rotatable bonds is 6. The zero-order valence-corrected chi connectivity index (χ0v) is 21.0. The zero-order valence-electron chi connectivity index (χ0n) is 20.3. The van der Waals surface area contributed by atoms with Gasteiger partial charge in [-0.05, 0) is 63.5 Å². The molecule has 4 rings (SSSR count). The number of anilines is 1. The number of nitrogens with two attached hydrogens (primary N) is 1. The molecule has 0 radical (unpaired) electrons. The summed E-state index contributed by atoms with van der Waals surface area (Å²) in [6.45, 7) is 4.15. The average Bonchev–Trinajstić information content (AvgIpc) is 2.83. The second-order valence-electron chi connectivity index (χ2n) is 9.18. The number of hydrogen-bond acceptors (Lipinski definition) is 6. The Hall–Kier alpha value is -3.10. The molecular weight excluding hydrogens is 467 g/mol. The predicted molar refractivity (Wildman–Crippen MR) is 137 cm³/mol. The molecule has 1 aliphatic heterocycles. The van der Waals surface area contributed by atoms with Gasteiger partial charge in [-0.3, -0.25) is 4.79 Å². The molecule has 2 aromatic heterocycles. The molecule has 0 unspecified atom stereocenters. The Balaban J connectivity index is 1.66. The minimum atomic E-state index is -0.661. The molecule has 1 amide bonds. The number of amides is 1. The maximum atomic E-state index is 15.4. The lowest BCUT2D eigenvalue weighted by Gasteiger charge is -2.33. The fraction of sp³-hybridized carbons (Fsp3) is 0.385. The maximum absolute atomic E-state index is 15.4. The van der Waals surface area contributed by atoms with Crippen molar-refractivity contribution in [2.45, 2.75) is 26.2 Å². The first-order chi connectivity index (χ1) is 16.8. The van der Waals surface area contributed by atoms with Crippen LogP contribution in [0.3, 0.4) is 0 Å². The lowest BCUT2D eigenvalue weighted by Crippen LogP contribution is -2.41. The fourth-order valence-electron chi connectivity index (χ4n) is 4.67. The lowest BCUT2D eigenvalue weighted by atomic mass is 9.95. The molecule has 0 saturated carbocycles. The topological polar surface area (TPSA) is 88.2 Å². The van der Waals surface area contributed by atoms with Crippen LogP contribution in [0.4, 0.5) is 10.2 Å². The summed E-state index contributed by atoms with van der Waals surface area (Å²) in [5, 5.41) is 0.0680. The van der Waals surface area contributed by atoms with Crippen molar-refractivity contribution in [3.63, 3.8) is 0 Å². The van der Waals surface area contributed by atoms with Crippen LogP contribution >= 0.6 is 11.6 Å². The van der Waals surface area contributed by atoms with Crippen molar-refractivity contribution < 1.29 is 9.18 Å². The molecule has 1 aromatic carbocycles. The highest BCUT2D eigenvalue weighted by atomic mass is 35.5. The SMILES string of the molecule is CCc1ncnc(-c2cc(F)c(C(=O)N3CCC(CN(C)C)CC3)c(Cl)c2)c1-c1ccc(N)nc1. The second kappa shape index (κ2) is 10.7. The smallest absolute Gasteiger partial charge is 0.258 e. The standard InChI is InChI=1S/C26H30ClFN6O/c1-4-21-23(17-5-6-22(29)30-13-17)25(32-15-31-21)18-11-19(27)24(20(28)12-18)26(35)34-9-7-16(8-10-34)14-33(2)3/h5-6,11-13,15-16H,4,7-10,14H2,1-3H3,(H2,29,30). The van der Waals surface area contributed by atoms with E-state index in [1.807, 2.05) is 27.1 Å². The Labute approximate surface area is 210 Å². The molecule has 1 saturated heterocycles. The Morgan fingerprint density at radius 3 is 2.51 bits per heavy atom. The van der Waals surface area contributed by atoms with Crippen molar-refractivity contribution in [2.75, 3.05) is 39.5 Å². The number of hydrogen-bond donors (Lipinski definition) is 1. The summed E-state index contributed by atoms with van der Waals surface area (Å²) < 4.78 is 15.4. The van der Waals surface area contributed by atoms with Crippen molar-refractivity contribution >= 4 is 23.3 Å². The molecule has 7 nitrogen and oxygen atoms in total. The Kier molecular flexibility index (Phi) is 7.62. The van der Waals surface area contributed by atoms with Crippen molar-refractivity contribution in [1.29, 1.82) is 0 Å². The molecular formula is C26H30ClFN6O. The molecule has 2 N–H and O–H groups in total. The first kappa shape index (κ1) is 25.0. The van der Waals surface area contributed by atoms with E-state index in [9.17, 15) is 4.79 Å². The third-order valence-electron chi connectivity index (χ3n) is 6.39. The highest BCUT2D eigenvalue weighted by Crippen LogP contribution is 2.36. The van der Waals surface area contributed by atoms with E-state index in [-0.39, 0.29) is 16.5 Å². The number of likely N-dealkylation sites (tertiary alicyclic amines) is 1. The van der Waals surface area contributed by atoms with Crippen LogP contribution in [-0.4, -0.2) is 64.4 Å². The molecule has 0 spiro atoms. The van der Waals surface area contributed by atoms with Crippen LogP contribution in [-0.2, 0) is 6.42 Å². The summed E-state index contributed by atoms with van der Waals surface area (Å²) in [6.07, 6.45) is 5.52. The van der Waals surface area contributed by atoms with Gasteiger partial charge in [-0.1, -0.05) is 18.5 Å². The average molecular weight is 497 g/mol. The Morgan fingerprint density at radius 1 is 1.17 bits per heavy atom. The highest BCUT2D eigenvalue weighted by molar-refractivity contribution is 6.34. The van der Waals surface area contributed by atoms with Crippen LogP contribution in [0.15, 0.2) is 36.8 Å². The summed E-state index contributed by atoms with van der Waals surface area (Å²) in [7, 11) is 4.09. The third-order valence-corrected chi connectivity index (χ3v) is 6.69. The quantitative estimate of drug-likeness (QED) is 0.538. The number of piperidine rings is 1. The van der Waals surface area contributed by atoms with Crippen LogP contribution < -0.4 is 5.73 Å². The molecule has 35 heavy (non-hydrogen) atoms. The minimum Gasteiger partial charge on any atom is -0.384 e. The second-order valence-corrected chi connectivity index (χ2v) is 9.59. The maximum Gasteiger partial charge on any atom is 0.258 e. The third kappa shape index (κ3) is 5.44. The molecule has 1 aliphatic rings. The number of carbonyl (C=O) groups is 1. The predicted octanol–water partition coefficient (Wildman–Crippen LogP) is 4.56. The van der Waals surface area contributed by atoms with E-state index in [0.29, 0.717) is 42.5 Å². The van der Waals surface area contributed by atoms with E-state index in [4.69, 9.17) is 17.3 Å². The molecule has 0 atom stereocenters. The van der Waals surface area contributed by atoms with Gasteiger partial charge in [0.15, 0.2) is 0 Å². The van der Waals surface area contributed by atoms with Gasteiger partial charge in [0.05, 0.1) is 22.0 Å². The molecule has 3 heterocycles. The highest BCUT2D eigenvalue weighted by Gasteiger charge is 2.28. The molecule has 184 valence electrons. The van der Waals surface area contributed by atoms with Gasteiger partial charge in [0, 0.05) is 42.5 Å². The number of nitrogen functional groups attached to an aromatic ring is 1. The van der Waals surface area contributed by atoms with E-state index < -0.39 is 5.82 Å². The number of carbonyl (C=O) groups excluding carboxylic acids is 1. The zero-order chi connectivity index (χ0) is 25.1. The van der Waals surface area contributed by atoms with Gasteiger partial charge in [-0.25, -0.2) is 19.3 Å². The number of pyridine rings is 1. The summed E-state index contributed by atoms with van der Waals surface area (Å²) in [4.78, 5) is 30.1. The van der Waals surface area contributed by atoms with E-state index in [2.05, 4.69) is 19.9 Å². The van der Waals surface area contributed by atoms with Crippen LogP contribution in [0.5, 0.6) is 0 Å². The van der Waals surface area contributed by atoms with Gasteiger partial charge in [-0.15, -0.1) is 0 Å². The van der Waals surface area contributed by atoms with E-state index in [1.165, 1.54) is 12.4 Å². The van der Waals surface area contributed by atoms with Crippen LogP contribution in [0, 0.1) is 11.7 Å². The van der Waals surface area contributed by atoms with E-state index in [0.717, 1.165) is 36.2 Å². The normalized spacial score (nSPS) is 14.5. The monoisotopic (exact) mass is 496 g/mol. The number of halogens is 2. The fourth-order valence-corrected chi connectivity index (χ4v) is 4.96. The molecule has 3 aromatic rings. The van der Waals surface area contributed by atoms with Crippen molar-refractivity contribution in [1.82, 2.24) is 24.8 Å². The van der Waals surface area contributed by atoms with Gasteiger partial charge in [0.1, 0.15) is 18.0 Å². The van der Waals surface area contributed by atoms with Gasteiger partial charge in [-0.2, -0.15) is 0 Å². The summed E-state index contributed by atoms with van der Waals surface area (Å²) in [5.74, 6) is -0.107. The first-order valence-corrected chi connectivity index (χ1v) is 12.2. The number of nitrogens with zero attached hydrogens (tertiary/aromatic N) is 5. The largest absolute Gasteiger partial charge is 0.384 e. The number of aromatic nitrogens is 3. The van der Waals surface area contributed by atoms with Gasteiger partial charge in [0.2, 0.25) is 0 Å². The van der Waals surface area contributed by atoms with Gasteiger partial charge >= 0.3 is 0 Å². The van der Waals surface area contributed by atoms with Crippen LogP contribution in [0.2, 0.25) is 5.02 Å². The Morgan fingerprint density at radius 2 is 1.91 bits per heavy atom. The lowest BCUT2D eigenvalue weighted by molar-refractivity contribution is 0.0673. The Bertz CT molecular complexity index is 1190. The molecule has 1 fully saturated rings. The van der Waals surface area contributed by atoms with Gasteiger partial charge < -0.3 is 15.5 Å². The van der Waals surface area contributed by atoms with Crippen LogP contribution in [0.25, 0.3) is 22.4 Å². The van der Waals surface area contributed by atoms with Crippen molar-refractivity contribution in [3.05, 3.63) is 58.9 Å². The van der Waals surface area contributed by atoms with E-state index in [1.54, 1.807) is 23.2 Å². The van der Waals surface area contributed by atoms with Gasteiger partial charge in [0.25, 0.3) is 5.91 Å². The van der Waals surface area contributed by atoms with Crippen molar-refractivity contribution in [3.8, 4) is 22.4 Å². The number of aryl methyl sites for hydroxylation is 1. The van der Waals surface area contributed by atoms with Crippen molar-refractivity contribution in [2.24, 2.45) is 5.92 Å². The molecule has 0 bridgehead atoms. The van der Waals surface area contributed by atoms with E-state index >= 15 is 4.39 Å². The summed E-state index contributed by atoms with van der Waals surface area (Å²) in [5.41, 5.74) is 8.94. The summed E-state index contributed by atoms with van der Waals surface area (Å²) in [6, 6.07) is 6.46. The summed E-state index contributed by atoms with van der Waals surface area (Å²) >= 11 is 6.52. The molecule has 0 aliphatic carbocycles. The first-order valence-electron chi connectivity index (χ1n) is 11.8. The molecule has 9 heteroatoms. The van der Waals surface area contributed by atoms with Crippen LogP contribution in [0.1, 0.15) is 35.8 Å².